The molecule has 132 valence electrons. The first-order valence-electron chi connectivity index (χ1n) is 8.21. The number of nitrogens with one attached hydrogen (secondary N) is 3. The zero-order chi connectivity index (χ0) is 18.1. The molecule has 6 heteroatoms. The van der Waals surface area contributed by atoms with Crippen molar-refractivity contribution in [3.05, 3.63) is 48.5 Å². The average Bonchev–Trinajstić information content (AvgIpc) is 2.58. The van der Waals surface area contributed by atoms with Gasteiger partial charge >= 0.3 is 0 Å². The van der Waals surface area contributed by atoms with E-state index in [0.717, 1.165) is 11.4 Å². The summed E-state index contributed by atoms with van der Waals surface area (Å²) in [6.45, 7) is 4.47. The molecule has 2 aromatic rings. The lowest BCUT2D eigenvalue weighted by Crippen LogP contribution is -2.16. The van der Waals surface area contributed by atoms with Crippen LogP contribution in [-0.4, -0.2) is 25.0 Å². The summed E-state index contributed by atoms with van der Waals surface area (Å²) in [5.41, 5.74) is 2.25. The smallest absolute Gasteiger partial charge is 0.226 e. The summed E-state index contributed by atoms with van der Waals surface area (Å²) >= 11 is 0. The minimum absolute atomic E-state index is 0.0892. The first-order valence-corrected chi connectivity index (χ1v) is 8.21. The van der Waals surface area contributed by atoms with Crippen LogP contribution >= 0.6 is 0 Å². The summed E-state index contributed by atoms with van der Waals surface area (Å²) in [6, 6.07) is 14.6. The molecule has 0 unspecified atom stereocenters. The van der Waals surface area contributed by atoms with E-state index in [2.05, 4.69) is 16.0 Å². The molecule has 0 aromatic heterocycles. The van der Waals surface area contributed by atoms with E-state index in [0.29, 0.717) is 30.9 Å². The Labute approximate surface area is 147 Å². The summed E-state index contributed by atoms with van der Waals surface area (Å²) < 4.78 is 5.54. The maximum absolute atomic E-state index is 12.0. The number of anilines is 3. The van der Waals surface area contributed by atoms with Gasteiger partial charge in [0.25, 0.3) is 0 Å². The second-order valence-corrected chi connectivity index (χ2v) is 5.41. The van der Waals surface area contributed by atoms with E-state index >= 15 is 0 Å². The summed E-state index contributed by atoms with van der Waals surface area (Å²) in [4.78, 5) is 23.0. The topological polar surface area (TPSA) is 79.5 Å². The third-order valence-electron chi connectivity index (χ3n) is 3.34. The highest BCUT2D eigenvalue weighted by Gasteiger charge is 2.05. The van der Waals surface area contributed by atoms with Crippen molar-refractivity contribution in [1.82, 2.24) is 0 Å². The first-order chi connectivity index (χ1) is 12.1. The lowest BCUT2D eigenvalue weighted by Gasteiger charge is -2.12. The fourth-order valence-corrected chi connectivity index (χ4v) is 2.27. The molecule has 0 aliphatic rings. The van der Waals surface area contributed by atoms with Gasteiger partial charge in [-0.05, 0) is 43.3 Å². The van der Waals surface area contributed by atoms with Crippen LogP contribution < -0.4 is 20.7 Å². The van der Waals surface area contributed by atoms with Gasteiger partial charge in [-0.15, -0.1) is 0 Å². The molecule has 0 spiro atoms. The Morgan fingerprint density at radius 3 is 2.24 bits per heavy atom. The maximum Gasteiger partial charge on any atom is 0.226 e. The molecule has 0 fully saturated rings. The van der Waals surface area contributed by atoms with Crippen molar-refractivity contribution in [3.8, 4) is 5.75 Å². The minimum Gasteiger partial charge on any atom is -0.492 e. The monoisotopic (exact) mass is 341 g/mol. The molecule has 2 rings (SSSR count). The minimum atomic E-state index is -0.129. The van der Waals surface area contributed by atoms with Crippen LogP contribution in [0.5, 0.6) is 5.75 Å². The Morgan fingerprint density at radius 2 is 1.60 bits per heavy atom. The van der Waals surface area contributed by atoms with Crippen molar-refractivity contribution in [1.29, 1.82) is 0 Å². The molecule has 2 amide bonds. The van der Waals surface area contributed by atoms with Crippen LogP contribution in [0.1, 0.15) is 20.3 Å². The second-order valence-electron chi connectivity index (χ2n) is 5.41. The summed E-state index contributed by atoms with van der Waals surface area (Å²) in [6.07, 6.45) is 0.327. The number of benzene rings is 2. The Morgan fingerprint density at radius 1 is 0.960 bits per heavy atom. The van der Waals surface area contributed by atoms with E-state index in [1.807, 2.05) is 31.2 Å². The molecule has 0 saturated heterocycles. The van der Waals surface area contributed by atoms with E-state index in [-0.39, 0.29) is 11.8 Å². The van der Waals surface area contributed by atoms with Crippen LogP contribution in [0.2, 0.25) is 0 Å². The number of ether oxygens (including phenoxy) is 1. The highest BCUT2D eigenvalue weighted by atomic mass is 16.5. The molecule has 0 heterocycles. The third-order valence-corrected chi connectivity index (χ3v) is 3.34. The van der Waals surface area contributed by atoms with Crippen LogP contribution in [0, 0.1) is 0 Å². The molecule has 0 aliphatic heterocycles. The number of para-hydroxylation sites is 2. The molecule has 0 saturated carbocycles. The highest BCUT2D eigenvalue weighted by molar-refractivity contribution is 5.92. The standard InChI is InChI=1S/C19H23N3O3/c1-3-25-18-7-5-4-6-17(18)20-13-12-19(24)22-16-10-8-15(9-11-16)21-14(2)23/h4-11,20H,3,12-13H2,1-2H3,(H,21,23)(H,22,24). The van der Waals surface area contributed by atoms with Crippen LogP contribution in [0.15, 0.2) is 48.5 Å². The molecule has 3 N–H and O–H groups in total. The van der Waals surface area contributed by atoms with E-state index in [4.69, 9.17) is 4.74 Å². The molecule has 0 bridgehead atoms. The Balaban J connectivity index is 1.80. The third kappa shape index (κ3) is 6.18. The number of hydrogen-bond donors (Lipinski definition) is 3. The van der Waals surface area contributed by atoms with Gasteiger partial charge in [0.15, 0.2) is 0 Å². The molecular formula is C19H23N3O3. The number of hydrogen-bond acceptors (Lipinski definition) is 4. The molecule has 0 aliphatic carbocycles. The van der Waals surface area contributed by atoms with E-state index in [9.17, 15) is 9.59 Å². The quantitative estimate of drug-likeness (QED) is 0.687. The van der Waals surface area contributed by atoms with Crippen molar-refractivity contribution in [2.75, 3.05) is 29.1 Å². The van der Waals surface area contributed by atoms with Crippen molar-refractivity contribution in [2.45, 2.75) is 20.3 Å². The normalized spacial score (nSPS) is 10.0. The molecule has 25 heavy (non-hydrogen) atoms. The summed E-state index contributed by atoms with van der Waals surface area (Å²) in [7, 11) is 0. The SMILES string of the molecule is CCOc1ccccc1NCCC(=O)Nc1ccc(NC(C)=O)cc1. The van der Waals surface area contributed by atoms with Crippen LogP contribution in [0.25, 0.3) is 0 Å². The van der Waals surface area contributed by atoms with E-state index in [1.165, 1.54) is 6.92 Å². The van der Waals surface area contributed by atoms with Crippen molar-refractivity contribution in [2.24, 2.45) is 0 Å². The largest absolute Gasteiger partial charge is 0.492 e. The molecule has 6 nitrogen and oxygen atoms in total. The zero-order valence-corrected chi connectivity index (χ0v) is 14.5. The molecular weight excluding hydrogens is 318 g/mol. The van der Waals surface area contributed by atoms with Gasteiger partial charge in [0.1, 0.15) is 5.75 Å². The second kappa shape index (κ2) is 9.32. The van der Waals surface area contributed by atoms with Gasteiger partial charge in [0, 0.05) is 31.3 Å². The van der Waals surface area contributed by atoms with Gasteiger partial charge < -0.3 is 20.7 Å². The van der Waals surface area contributed by atoms with Crippen LogP contribution in [0.3, 0.4) is 0 Å². The number of rotatable bonds is 8. The fraction of sp³-hybridized carbons (Fsp3) is 0.263. The molecule has 2 aromatic carbocycles. The Kier molecular flexibility index (Phi) is 6.83. The molecule has 0 atom stereocenters. The average molecular weight is 341 g/mol. The Bertz CT molecular complexity index is 714. The van der Waals surface area contributed by atoms with Gasteiger partial charge in [0.2, 0.25) is 11.8 Å². The molecule has 0 radical (unpaired) electrons. The zero-order valence-electron chi connectivity index (χ0n) is 14.5. The van der Waals surface area contributed by atoms with Crippen molar-refractivity contribution in [3.63, 3.8) is 0 Å². The van der Waals surface area contributed by atoms with Gasteiger partial charge in [-0.25, -0.2) is 0 Å². The van der Waals surface area contributed by atoms with Gasteiger partial charge in [-0.2, -0.15) is 0 Å². The van der Waals surface area contributed by atoms with Crippen LogP contribution in [-0.2, 0) is 9.59 Å². The van der Waals surface area contributed by atoms with E-state index < -0.39 is 0 Å². The summed E-state index contributed by atoms with van der Waals surface area (Å²) in [5.74, 6) is 0.558. The number of carbonyl (C=O) groups is 2. The van der Waals surface area contributed by atoms with Crippen molar-refractivity contribution >= 4 is 28.9 Å². The Hall–Kier alpha value is -3.02. The van der Waals surface area contributed by atoms with Gasteiger partial charge in [-0.1, -0.05) is 12.1 Å². The van der Waals surface area contributed by atoms with Crippen molar-refractivity contribution < 1.29 is 14.3 Å². The maximum atomic E-state index is 12.0. The number of carbonyl (C=O) groups excluding carboxylic acids is 2. The lowest BCUT2D eigenvalue weighted by molar-refractivity contribution is -0.116. The number of amides is 2. The predicted molar refractivity (Wildman–Crippen MR) is 100 cm³/mol. The highest BCUT2D eigenvalue weighted by Crippen LogP contribution is 2.23. The van der Waals surface area contributed by atoms with Gasteiger partial charge in [0.05, 0.1) is 12.3 Å². The van der Waals surface area contributed by atoms with Crippen LogP contribution in [0.4, 0.5) is 17.1 Å². The predicted octanol–water partition coefficient (Wildman–Crippen LogP) is 3.48. The fourth-order valence-electron chi connectivity index (χ4n) is 2.27. The first kappa shape index (κ1) is 18.3. The summed E-state index contributed by atoms with van der Waals surface area (Å²) in [5, 5.41) is 8.72. The van der Waals surface area contributed by atoms with E-state index in [1.54, 1.807) is 24.3 Å². The van der Waals surface area contributed by atoms with Gasteiger partial charge in [-0.3, -0.25) is 9.59 Å². The lowest BCUT2D eigenvalue weighted by atomic mass is 10.2.